The van der Waals surface area contributed by atoms with E-state index in [4.69, 9.17) is 14.0 Å². The topological polar surface area (TPSA) is 77.7 Å². The molecular weight excluding hydrogens is 463 g/mol. The molecule has 1 aromatic heterocycles. The van der Waals surface area contributed by atoms with E-state index in [-0.39, 0.29) is 24.3 Å². The maximum atomic E-state index is 13.3. The number of carbonyl (C=O) groups is 1. The number of carbonyl (C=O) groups excluding carboxylic acids is 1. The van der Waals surface area contributed by atoms with Crippen LogP contribution in [0.5, 0.6) is 11.5 Å². The third-order valence-electron chi connectivity index (χ3n) is 6.40. The number of alkyl halides is 3. The van der Waals surface area contributed by atoms with Crippen LogP contribution in [0.3, 0.4) is 0 Å². The number of nitrogens with zero attached hydrogens (tertiary/aromatic N) is 3. The molecule has 5 rings (SSSR count). The van der Waals surface area contributed by atoms with Crippen LogP contribution in [0.1, 0.15) is 53.9 Å². The second-order valence-corrected chi connectivity index (χ2v) is 8.70. The molecule has 0 atom stereocenters. The number of aromatic nitrogens is 2. The lowest BCUT2D eigenvalue weighted by atomic mass is 9.93. The van der Waals surface area contributed by atoms with E-state index in [0.29, 0.717) is 41.7 Å². The Bertz CT molecular complexity index is 1190. The molecule has 0 radical (unpaired) electrons. The summed E-state index contributed by atoms with van der Waals surface area (Å²) in [5.74, 6) is 1.75. The van der Waals surface area contributed by atoms with Gasteiger partial charge in [0.25, 0.3) is 5.91 Å². The molecule has 2 aromatic carbocycles. The normalized spacial score (nSPS) is 15.9. The molecule has 3 aromatic rings. The number of benzene rings is 2. The first-order valence-electron chi connectivity index (χ1n) is 11.6. The van der Waals surface area contributed by atoms with E-state index in [1.165, 1.54) is 12.1 Å². The molecule has 2 aliphatic rings. The van der Waals surface area contributed by atoms with Crippen molar-refractivity contribution in [3.8, 4) is 22.9 Å². The lowest BCUT2D eigenvalue weighted by Crippen LogP contribution is -2.42. The average molecular weight is 487 g/mol. The summed E-state index contributed by atoms with van der Waals surface area (Å²) in [4.78, 5) is 19.5. The van der Waals surface area contributed by atoms with Gasteiger partial charge in [-0.3, -0.25) is 4.79 Å². The fourth-order valence-electron chi connectivity index (χ4n) is 4.54. The molecule has 0 unspecified atom stereocenters. The molecule has 2 heterocycles. The molecule has 35 heavy (non-hydrogen) atoms. The first kappa shape index (κ1) is 23.2. The number of fused-ring (bicyclic) bond motifs is 1. The minimum absolute atomic E-state index is 0.0230. The molecular formula is C25H24F3N3O4. The summed E-state index contributed by atoms with van der Waals surface area (Å²) in [7, 11) is 0. The molecule has 1 fully saturated rings. The Morgan fingerprint density at radius 1 is 1.00 bits per heavy atom. The van der Waals surface area contributed by atoms with Crippen LogP contribution in [-0.4, -0.2) is 40.3 Å². The predicted molar refractivity (Wildman–Crippen MR) is 119 cm³/mol. The summed E-state index contributed by atoms with van der Waals surface area (Å²) >= 11 is 0. The van der Waals surface area contributed by atoms with Gasteiger partial charge in [-0.25, -0.2) is 0 Å². The predicted octanol–water partition coefficient (Wildman–Crippen LogP) is 5.50. The highest BCUT2D eigenvalue weighted by Gasteiger charge is 2.31. The Morgan fingerprint density at radius 2 is 1.74 bits per heavy atom. The lowest BCUT2D eigenvalue weighted by molar-refractivity contribution is -0.137. The van der Waals surface area contributed by atoms with Crippen LogP contribution < -0.4 is 9.47 Å². The maximum absolute atomic E-state index is 13.3. The van der Waals surface area contributed by atoms with E-state index in [1.807, 2.05) is 6.07 Å². The van der Waals surface area contributed by atoms with Gasteiger partial charge in [0.05, 0.1) is 5.56 Å². The third-order valence-corrected chi connectivity index (χ3v) is 6.40. The molecule has 7 nitrogen and oxygen atoms in total. The Labute approximate surface area is 199 Å². The van der Waals surface area contributed by atoms with Gasteiger partial charge in [-0.2, -0.15) is 18.2 Å². The number of hydrogen-bond donors (Lipinski definition) is 0. The molecule has 10 heteroatoms. The number of halogens is 3. The first-order valence-corrected chi connectivity index (χ1v) is 11.6. The van der Waals surface area contributed by atoms with E-state index < -0.39 is 11.7 Å². The first-order chi connectivity index (χ1) is 16.9. The van der Waals surface area contributed by atoms with Crippen molar-refractivity contribution in [1.29, 1.82) is 0 Å². The minimum atomic E-state index is -4.45. The lowest BCUT2D eigenvalue weighted by Gasteiger charge is -2.34. The number of ether oxygens (including phenoxy) is 2. The number of amides is 1. The molecule has 1 aliphatic carbocycles. The smallest absolute Gasteiger partial charge is 0.416 e. The molecule has 0 spiro atoms. The van der Waals surface area contributed by atoms with Gasteiger partial charge in [0.1, 0.15) is 0 Å². The molecule has 184 valence electrons. The van der Waals surface area contributed by atoms with Crippen LogP contribution in [0.2, 0.25) is 0 Å². The van der Waals surface area contributed by atoms with Crippen molar-refractivity contribution in [2.45, 2.75) is 50.7 Å². The monoisotopic (exact) mass is 487 g/mol. The second-order valence-electron chi connectivity index (χ2n) is 8.70. The zero-order valence-electron chi connectivity index (χ0n) is 18.9. The Kier molecular flexibility index (Phi) is 6.36. The van der Waals surface area contributed by atoms with Crippen molar-refractivity contribution in [1.82, 2.24) is 15.0 Å². The summed E-state index contributed by atoms with van der Waals surface area (Å²) in [6.07, 6.45) is 0.740. The third kappa shape index (κ3) is 5.11. The van der Waals surface area contributed by atoms with Crippen LogP contribution in [0, 0.1) is 0 Å². The highest BCUT2D eigenvalue weighted by Crippen LogP contribution is 2.35. The molecule has 1 aliphatic heterocycles. The van der Waals surface area contributed by atoms with Crippen LogP contribution in [0.4, 0.5) is 13.2 Å². The standard InChI is InChI=1S/C25H24F3N3O4/c26-25(27,28)18-9-6-16(7-10-18)24(32)31(19-4-2-1-3-5-19)13-12-22-29-23(30-35-22)17-8-11-20-21(14-17)34-15-33-20/h6-11,14,19H,1-5,12-13,15H2. The highest BCUT2D eigenvalue weighted by molar-refractivity contribution is 5.94. The zero-order valence-corrected chi connectivity index (χ0v) is 18.9. The number of hydrogen-bond acceptors (Lipinski definition) is 6. The van der Waals surface area contributed by atoms with Crippen molar-refractivity contribution in [3.05, 3.63) is 59.5 Å². The van der Waals surface area contributed by atoms with E-state index in [9.17, 15) is 18.0 Å². The Morgan fingerprint density at radius 3 is 2.49 bits per heavy atom. The van der Waals surface area contributed by atoms with Gasteiger partial charge in [-0.05, 0) is 55.3 Å². The van der Waals surface area contributed by atoms with Gasteiger partial charge in [-0.15, -0.1) is 0 Å². The molecule has 1 saturated carbocycles. The summed E-state index contributed by atoms with van der Waals surface area (Å²) in [6.45, 7) is 0.494. The number of rotatable bonds is 6. The van der Waals surface area contributed by atoms with Crippen molar-refractivity contribution in [2.24, 2.45) is 0 Å². The summed E-state index contributed by atoms with van der Waals surface area (Å²) in [5.41, 5.74) is 0.171. The summed E-state index contributed by atoms with van der Waals surface area (Å²) in [5, 5.41) is 4.05. The van der Waals surface area contributed by atoms with Gasteiger partial charge in [-0.1, -0.05) is 24.4 Å². The van der Waals surface area contributed by atoms with Crippen LogP contribution in [0.15, 0.2) is 47.0 Å². The molecule has 0 N–H and O–H groups in total. The summed E-state index contributed by atoms with van der Waals surface area (Å²) in [6, 6.07) is 9.77. The molecule has 0 saturated heterocycles. The summed E-state index contributed by atoms with van der Waals surface area (Å²) < 4.78 is 54.9. The van der Waals surface area contributed by atoms with Gasteiger partial charge in [0, 0.05) is 30.1 Å². The minimum Gasteiger partial charge on any atom is -0.454 e. The van der Waals surface area contributed by atoms with E-state index in [0.717, 1.165) is 44.2 Å². The van der Waals surface area contributed by atoms with Crippen LogP contribution >= 0.6 is 0 Å². The fourth-order valence-corrected chi connectivity index (χ4v) is 4.54. The fraction of sp³-hybridized carbons (Fsp3) is 0.400. The quantitative estimate of drug-likeness (QED) is 0.457. The SMILES string of the molecule is O=C(c1ccc(C(F)(F)F)cc1)N(CCc1nc(-c2ccc3c(c2)OCO3)no1)C1CCCCC1. The van der Waals surface area contributed by atoms with Crippen molar-refractivity contribution >= 4 is 5.91 Å². The van der Waals surface area contributed by atoms with Crippen LogP contribution in [-0.2, 0) is 12.6 Å². The van der Waals surface area contributed by atoms with Crippen molar-refractivity contribution in [3.63, 3.8) is 0 Å². The van der Waals surface area contributed by atoms with E-state index >= 15 is 0 Å². The largest absolute Gasteiger partial charge is 0.454 e. The van der Waals surface area contributed by atoms with Gasteiger partial charge in [0.2, 0.25) is 18.5 Å². The van der Waals surface area contributed by atoms with Crippen molar-refractivity contribution < 1.29 is 32.0 Å². The van der Waals surface area contributed by atoms with Gasteiger partial charge in [0.15, 0.2) is 11.5 Å². The van der Waals surface area contributed by atoms with Gasteiger partial charge >= 0.3 is 6.18 Å². The van der Waals surface area contributed by atoms with Gasteiger partial charge < -0.3 is 18.9 Å². The van der Waals surface area contributed by atoms with Crippen LogP contribution in [0.25, 0.3) is 11.4 Å². The zero-order chi connectivity index (χ0) is 24.4. The maximum Gasteiger partial charge on any atom is 0.416 e. The van der Waals surface area contributed by atoms with E-state index in [2.05, 4.69) is 10.1 Å². The molecule has 1 amide bonds. The molecule has 0 bridgehead atoms. The Hall–Kier alpha value is -3.56. The van der Waals surface area contributed by atoms with E-state index in [1.54, 1.807) is 17.0 Å². The Balaban J connectivity index is 1.31. The second kappa shape index (κ2) is 9.59. The van der Waals surface area contributed by atoms with Crippen molar-refractivity contribution in [2.75, 3.05) is 13.3 Å². The average Bonchev–Trinajstić information content (AvgIpc) is 3.53. The highest BCUT2D eigenvalue weighted by atomic mass is 19.4.